The Bertz CT molecular complexity index is 657. The van der Waals surface area contributed by atoms with Crippen molar-refractivity contribution in [2.45, 2.75) is 25.9 Å². The van der Waals surface area contributed by atoms with E-state index in [0.29, 0.717) is 12.3 Å². The van der Waals surface area contributed by atoms with Crippen LogP contribution >= 0.6 is 11.3 Å². The summed E-state index contributed by atoms with van der Waals surface area (Å²) in [4.78, 5) is 17.6. The number of likely N-dealkylation sites (tertiary alicyclic amines) is 1. The number of methoxy groups -OCH3 is 1. The van der Waals surface area contributed by atoms with Crippen molar-refractivity contribution in [3.05, 3.63) is 52.2 Å². The van der Waals surface area contributed by atoms with E-state index in [4.69, 9.17) is 4.74 Å². The molecule has 4 nitrogen and oxygen atoms in total. The molecular formula is C19H24N2O2S. The Morgan fingerprint density at radius 3 is 2.79 bits per heavy atom. The van der Waals surface area contributed by atoms with Crippen LogP contribution in [0.15, 0.2) is 41.8 Å². The van der Waals surface area contributed by atoms with Crippen LogP contribution in [0.1, 0.15) is 23.3 Å². The zero-order valence-corrected chi connectivity index (χ0v) is 14.9. The summed E-state index contributed by atoms with van der Waals surface area (Å²) in [5.74, 6) is 1.22. The van der Waals surface area contributed by atoms with Gasteiger partial charge in [0.25, 0.3) is 0 Å². The molecule has 0 spiro atoms. The summed E-state index contributed by atoms with van der Waals surface area (Å²) in [7, 11) is 1.71. The van der Waals surface area contributed by atoms with Crippen molar-refractivity contribution in [3.8, 4) is 5.75 Å². The lowest BCUT2D eigenvalue weighted by Crippen LogP contribution is -2.35. The highest BCUT2D eigenvalue weighted by Gasteiger charge is 2.21. The molecule has 1 fully saturated rings. The Morgan fingerprint density at radius 1 is 1.21 bits per heavy atom. The highest BCUT2D eigenvalue weighted by atomic mass is 32.1. The summed E-state index contributed by atoms with van der Waals surface area (Å²) in [6, 6.07) is 12.4. The summed E-state index contributed by atoms with van der Waals surface area (Å²) in [6.45, 7) is 4.31. The van der Waals surface area contributed by atoms with Gasteiger partial charge in [0.05, 0.1) is 7.11 Å². The van der Waals surface area contributed by atoms with Crippen molar-refractivity contribution in [2.24, 2.45) is 0 Å². The van der Waals surface area contributed by atoms with E-state index in [1.54, 1.807) is 18.4 Å². The molecule has 0 unspecified atom stereocenters. The second kappa shape index (κ2) is 8.31. The number of benzene rings is 1. The molecule has 1 aromatic heterocycles. The molecule has 1 amide bonds. The van der Waals surface area contributed by atoms with E-state index in [2.05, 4.69) is 28.5 Å². The smallest absolute Gasteiger partial charge is 0.222 e. The SMILES string of the molecule is COc1ccccc1CN(CCN1CCCC1=O)Cc1cccs1. The van der Waals surface area contributed by atoms with Crippen LogP contribution in [0, 0.1) is 0 Å². The largest absolute Gasteiger partial charge is 0.496 e. The predicted octanol–water partition coefficient (Wildman–Crippen LogP) is 3.38. The number of para-hydroxylation sites is 1. The third-order valence-corrected chi connectivity index (χ3v) is 5.26. The minimum Gasteiger partial charge on any atom is -0.496 e. The fourth-order valence-electron chi connectivity index (χ4n) is 3.11. The molecule has 0 saturated carbocycles. The van der Waals surface area contributed by atoms with Crippen LogP contribution in [0.3, 0.4) is 0 Å². The molecule has 128 valence electrons. The number of amides is 1. The topological polar surface area (TPSA) is 32.8 Å². The van der Waals surface area contributed by atoms with Gasteiger partial charge in [-0.15, -0.1) is 11.3 Å². The van der Waals surface area contributed by atoms with Gasteiger partial charge in [-0.3, -0.25) is 9.69 Å². The van der Waals surface area contributed by atoms with Crippen molar-refractivity contribution in [3.63, 3.8) is 0 Å². The first-order valence-electron chi connectivity index (χ1n) is 8.40. The molecule has 0 bridgehead atoms. The molecule has 2 aromatic rings. The van der Waals surface area contributed by atoms with Crippen LogP contribution in [0.25, 0.3) is 0 Å². The van der Waals surface area contributed by atoms with E-state index in [0.717, 1.165) is 44.9 Å². The fraction of sp³-hybridized carbons (Fsp3) is 0.421. The highest BCUT2D eigenvalue weighted by molar-refractivity contribution is 7.09. The van der Waals surface area contributed by atoms with Gasteiger partial charge in [0.1, 0.15) is 5.75 Å². The Morgan fingerprint density at radius 2 is 2.08 bits per heavy atom. The maximum absolute atomic E-state index is 11.9. The van der Waals surface area contributed by atoms with Gasteiger partial charge in [-0.05, 0) is 23.9 Å². The molecule has 5 heteroatoms. The number of ether oxygens (including phenoxy) is 1. The number of thiophene rings is 1. The monoisotopic (exact) mass is 344 g/mol. The van der Waals surface area contributed by atoms with Crippen molar-refractivity contribution >= 4 is 17.2 Å². The zero-order chi connectivity index (χ0) is 16.8. The fourth-order valence-corrected chi connectivity index (χ4v) is 3.86. The molecule has 3 rings (SSSR count). The van der Waals surface area contributed by atoms with Crippen molar-refractivity contribution < 1.29 is 9.53 Å². The highest BCUT2D eigenvalue weighted by Crippen LogP contribution is 2.21. The van der Waals surface area contributed by atoms with Gasteiger partial charge in [0, 0.05) is 49.6 Å². The molecule has 1 aromatic carbocycles. The lowest BCUT2D eigenvalue weighted by molar-refractivity contribution is -0.127. The van der Waals surface area contributed by atoms with E-state index in [1.165, 1.54) is 10.4 Å². The van der Waals surface area contributed by atoms with Crippen LogP contribution in [-0.2, 0) is 17.9 Å². The van der Waals surface area contributed by atoms with Crippen LogP contribution in [-0.4, -0.2) is 42.5 Å². The van der Waals surface area contributed by atoms with Crippen LogP contribution < -0.4 is 4.74 Å². The molecule has 0 atom stereocenters. The van der Waals surface area contributed by atoms with Crippen LogP contribution in [0.5, 0.6) is 5.75 Å². The van der Waals surface area contributed by atoms with Gasteiger partial charge in [0.15, 0.2) is 0 Å². The van der Waals surface area contributed by atoms with Crippen LogP contribution in [0.4, 0.5) is 0 Å². The first kappa shape index (κ1) is 17.0. The van der Waals surface area contributed by atoms with Crippen molar-refractivity contribution in [1.29, 1.82) is 0 Å². The normalized spacial score (nSPS) is 14.6. The number of carbonyl (C=O) groups is 1. The van der Waals surface area contributed by atoms with E-state index in [-0.39, 0.29) is 0 Å². The number of hydrogen-bond acceptors (Lipinski definition) is 4. The molecule has 2 heterocycles. The van der Waals surface area contributed by atoms with E-state index in [1.807, 2.05) is 23.1 Å². The Kier molecular flexibility index (Phi) is 5.88. The quantitative estimate of drug-likeness (QED) is 0.736. The van der Waals surface area contributed by atoms with Crippen molar-refractivity contribution in [1.82, 2.24) is 9.80 Å². The third kappa shape index (κ3) is 4.36. The summed E-state index contributed by atoms with van der Waals surface area (Å²) < 4.78 is 5.49. The lowest BCUT2D eigenvalue weighted by atomic mass is 10.2. The van der Waals surface area contributed by atoms with E-state index < -0.39 is 0 Å². The molecule has 1 aliphatic rings. The second-order valence-electron chi connectivity index (χ2n) is 6.09. The Balaban J connectivity index is 1.67. The number of rotatable bonds is 8. The Labute approximate surface area is 147 Å². The lowest BCUT2D eigenvalue weighted by Gasteiger charge is -2.25. The molecule has 0 radical (unpaired) electrons. The molecule has 1 saturated heterocycles. The number of carbonyl (C=O) groups excluding carboxylic acids is 1. The number of hydrogen-bond donors (Lipinski definition) is 0. The van der Waals surface area contributed by atoms with Crippen LogP contribution in [0.2, 0.25) is 0 Å². The number of nitrogens with zero attached hydrogens (tertiary/aromatic N) is 2. The van der Waals surface area contributed by atoms with E-state index in [9.17, 15) is 4.79 Å². The van der Waals surface area contributed by atoms with Gasteiger partial charge in [0.2, 0.25) is 5.91 Å². The minimum absolute atomic E-state index is 0.295. The van der Waals surface area contributed by atoms with Gasteiger partial charge in [-0.2, -0.15) is 0 Å². The predicted molar refractivity (Wildman–Crippen MR) is 97.2 cm³/mol. The first-order chi connectivity index (χ1) is 11.8. The maximum atomic E-state index is 11.9. The standard InChI is InChI=1S/C19H24N2O2S/c1-23-18-8-3-2-6-16(18)14-20(15-17-7-5-13-24-17)11-12-21-10-4-9-19(21)22/h2-3,5-8,13H,4,9-12,14-15H2,1H3. The van der Waals surface area contributed by atoms with Gasteiger partial charge in [-0.25, -0.2) is 0 Å². The van der Waals surface area contributed by atoms with E-state index >= 15 is 0 Å². The second-order valence-corrected chi connectivity index (χ2v) is 7.12. The summed E-state index contributed by atoms with van der Waals surface area (Å²) in [5, 5.41) is 2.11. The average molecular weight is 344 g/mol. The molecule has 1 aliphatic heterocycles. The molecule has 0 aliphatic carbocycles. The van der Waals surface area contributed by atoms with Gasteiger partial charge in [-0.1, -0.05) is 24.3 Å². The zero-order valence-electron chi connectivity index (χ0n) is 14.1. The first-order valence-corrected chi connectivity index (χ1v) is 9.28. The summed E-state index contributed by atoms with van der Waals surface area (Å²) >= 11 is 1.78. The van der Waals surface area contributed by atoms with Gasteiger partial charge < -0.3 is 9.64 Å². The minimum atomic E-state index is 0.295. The Hall–Kier alpha value is -1.85. The molecule has 0 N–H and O–H groups in total. The maximum Gasteiger partial charge on any atom is 0.222 e. The summed E-state index contributed by atoms with van der Waals surface area (Å²) in [6.07, 6.45) is 1.70. The third-order valence-electron chi connectivity index (χ3n) is 4.40. The average Bonchev–Trinajstić information content (AvgIpc) is 3.25. The molecule has 24 heavy (non-hydrogen) atoms. The molecular weight excluding hydrogens is 320 g/mol. The summed E-state index contributed by atoms with van der Waals surface area (Å²) in [5.41, 5.74) is 1.18. The van der Waals surface area contributed by atoms with Crippen molar-refractivity contribution in [2.75, 3.05) is 26.7 Å². The van der Waals surface area contributed by atoms with Gasteiger partial charge >= 0.3 is 0 Å².